The van der Waals surface area contributed by atoms with Crippen LogP contribution in [0.1, 0.15) is 35.4 Å². The number of alkyl halides is 1. The Morgan fingerprint density at radius 3 is 2.75 bits per heavy atom. The second-order valence-corrected chi connectivity index (χ2v) is 10.3. The maximum atomic E-state index is 13.6. The average molecular weight is 477 g/mol. The largest absolute Gasteiger partial charge is 0.388 e. The first-order valence-corrected chi connectivity index (χ1v) is 12.2. The molecule has 2 aromatic heterocycles. The van der Waals surface area contributed by atoms with Crippen LogP contribution in [0.5, 0.6) is 0 Å². The maximum Gasteiger partial charge on any atom is 0.262 e. The number of hydrogen-bond acceptors (Lipinski definition) is 7. The summed E-state index contributed by atoms with van der Waals surface area (Å²) < 4.78 is 5.61. The number of fused-ring (bicyclic) bond motifs is 1. The van der Waals surface area contributed by atoms with E-state index in [0.29, 0.717) is 11.4 Å². The molecule has 170 valence electrons. The predicted octanol–water partition coefficient (Wildman–Crippen LogP) is 2.07. The molecule has 10 heteroatoms. The quantitative estimate of drug-likeness (QED) is 0.640. The minimum atomic E-state index is -0.763. The van der Waals surface area contributed by atoms with Crippen LogP contribution in [0.2, 0.25) is 0 Å². The highest BCUT2D eigenvalue weighted by Crippen LogP contribution is 2.36. The lowest BCUT2D eigenvalue weighted by atomic mass is 9.96. The summed E-state index contributed by atoms with van der Waals surface area (Å²) in [6.45, 7) is 0.479. The zero-order valence-electron chi connectivity index (χ0n) is 17.4. The number of aromatic nitrogens is 2. The highest BCUT2D eigenvalue weighted by molar-refractivity contribution is 7.17. The molecule has 2 amide bonds. The van der Waals surface area contributed by atoms with Crippen LogP contribution in [0.3, 0.4) is 0 Å². The van der Waals surface area contributed by atoms with Gasteiger partial charge in [-0.2, -0.15) is 0 Å². The van der Waals surface area contributed by atoms with Crippen LogP contribution in [-0.4, -0.2) is 74.6 Å². The van der Waals surface area contributed by atoms with E-state index in [1.807, 2.05) is 6.07 Å². The first-order valence-electron chi connectivity index (χ1n) is 10.9. The molecule has 1 aliphatic carbocycles. The SMILES string of the molecule is O=C(N[C@H](C(=O)N1C[C@H](Cl)[C@H]2OC[C@H](O)[C@H]21)C1CCCC1)c1ccc(-c2cncnc2)s1. The summed E-state index contributed by atoms with van der Waals surface area (Å²) in [5.41, 5.74) is 0.839. The van der Waals surface area contributed by atoms with Gasteiger partial charge >= 0.3 is 0 Å². The van der Waals surface area contributed by atoms with Gasteiger partial charge in [-0.3, -0.25) is 9.59 Å². The molecule has 32 heavy (non-hydrogen) atoms. The lowest BCUT2D eigenvalue weighted by Gasteiger charge is -2.32. The number of aliphatic hydroxyl groups excluding tert-OH is 1. The van der Waals surface area contributed by atoms with E-state index in [2.05, 4.69) is 15.3 Å². The van der Waals surface area contributed by atoms with E-state index in [1.54, 1.807) is 23.4 Å². The smallest absolute Gasteiger partial charge is 0.262 e. The summed E-state index contributed by atoms with van der Waals surface area (Å²) in [4.78, 5) is 37.9. The molecule has 8 nitrogen and oxygen atoms in total. The monoisotopic (exact) mass is 476 g/mol. The molecule has 5 atom stereocenters. The van der Waals surface area contributed by atoms with Gasteiger partial charge in [0.15, 0.2) is 0 Å². The summed E-state index contributed by atoms with van der Waals surface area (Å²) in [7, 11) is 0. The standard InChI is InChI=1S/C22H25ClN4O4S/c23-14-9-27(19-15(28)10-31-20(14)19)22(30)18(12-3-1-2-4-12)26-21(29)17-6-5-16(32-17)13-7-24-11-25-8-13/h5-8,11-12,14-15,18-20,28H,1-4,9-10H2,(H,26,29)/t14-,15-,18-,19+,20+/m0/s1. The second kappa shape index (κ2) is 9.05. The fourth-order valence-electron chi connectivity index (χ4n) is 5.08. The van der Waals surface area contributed by atoms with Crippen molar-refractivity contribution in [3.63, 3.8) is 0 Å². The van der Waals surface area contributed by atoms with E-state index in [9.17, 15) is 14.7 Å². The molecule has 2 aliphatic heterocycles. The summed E-state index contributed by atoms with van der Waals surface area (Å²) in [5.74, 6) is -0.383. The Morgan fingerprint density at radius 1 is 1.25 bits per heavy atom. The molecular formula is C22H25ClN4O4S. The Balaban J connectivity index is 1.35. The van der Waals surface area contributed by atoms with Crippen molar-refractivity contribution >= 4 is 34.8 Å². The van der Waals surface area contributed by atoms with Crippen LogP contribution in [-0.2, 0) is 9.53 Å². The molecule has 0 unspecified atom stereocenters. The van der Waals surface area contributed by atoms with Crippen molar-refractivity contribution in [1.29, 1.82) is 0 Å². The summed E-state index contributed by atoms with van der Waals surface area (Å²) >= 11 is 7.76. The molecule has 3 aliphatic rings. The van der Waals surface area contributed by atoms with Crippen LogP contribution in [0.4, 0.5) is 0 Å². The zero-order valence-corrected chi connectivity index (χ0v) is 19.0. The van der Waals surface area contributed by atoms with Gasteiger partial charge in [0.1, 0.15) is 18.5 Å². The number of ether oxygens (including phenoxy) is 1. The number of halogens is 1. The topological polar surface area (TPSA) is 105 Å². The van der Waals surface area contributed by atoms with Crippen molar-refractivity contribution in [1.82, 2.24) is 20.2 Å². The number of aliphatic hydroxyl groups is 1. The van der Waals surface area contributed by atoms with E-state index in [-0.39, 0.29) is 35.8 Å². The number of hydrogen-bond donors (Lipinski definition) is 2. The van der Waals surface area contributed by atoms with Crippen molar-refractivity contribution in [3.05, 3.63) is 35.7 Å². The van der Waals surface area contributed by atoms with Crippen molar-refractivity contribution in [2.75, 3.05) is 13.2 Å². The van der Waals surface area contributed by atoms with Crippen LogP contribution in [0.25, 0.3) is 10.4 Å². The third-order valence-electron chi connectivity index (χ3n) is 6.66. The van der Waals surface area contributed by atoms with Crippen LogP contribution < -0.4 is 5.32 Å². The summed E-state index contributed by atoms with van der Waals surface area (Å²) in [6.07, 6.45) is 7.58. The number of carbonyl (C=O) groups excluding carboxylic acids is 2. The maximum absolute atomic E-state index is 13.6. The van der Waals surface area contributed by atoms with Crippen molar-refractivity contribution in [3.8, 4) is 10.4 Å². The van der Waals surface area contributed by atoms with Gasteiger partial charge in [-0.05, 0) is 30.9 Å². The van der Waals surface area contributed by atoms with E-state index in [4.69, 9.17) is 16.3 Å². The molecular weight excluding hydrogens is 452 g/mol. The van der Waals surface area contributed by atoms with Crippen molar-refractivity contribution < 1.29 is 19.4 Å². The molecule has 0 spiro atoms. The number of thiophene rings is 1. The second-order valence-electron chi connectivity index (χ2n) is 8.65. The molecule has 1 saturated carbocycles. The predicted molar refractivity (Wildman–Crippen MR) is 119 cm³/mol. The van der Waals surface area contributed by atoms with E-state index in [1.165, 1.54) is 17.7 Å². The highest BCUT2D eigenvalue weighted by atomic mass is 35.5. The Hall–Kier alpha value is -2.07. The molecule has 2 aromatic rings. The van der Waals surface area contributed by atoms with Gasteiger partial charge in [0.25, 0.3) is 5.91 Å². The average Bonchev–Trinajstić information content (AvgIpc) is 3.59. The Kier molecular flexibility index (Phi) is 6.16. The van der Waals surface area contributed by atoms with Gasteiger partial charge in [-0.25, -0.2) is 9.97 Å². The Labute approximate surface area is 195 Å². The molecule has 0 bridgehead atoms. The van der Waals surface area contributed by atoms with Gasteiger partial charge in [0, 0.05) is 29.4 Å². The first kappa shape index (κ1) is 21.8. The van der Waals surface area contributed by atoms with Crippen LogP contribution in [0.15, 0.2) is 30.9 Å². The highest BCUT2D eigenvalue weighted by Gasteiger charge is 2.53. The minimum Gasteiger partial charge on any atom is -0.388 e. The normalized spacial score (nSPS) is 28.6. The summed E-state index contributed by atoms with van der Waals surface area (Å²) in [5, 5.41) is 13.0. The number of carbonyl (C=O) groups is 2. The fraction of sp³-hybridized carbons (Fsp3) is 0.545. The van der Waals surface area contributed by atoms with E-state index in [0.717, 1.165) is 36.1 Å². The van der Waals surface area contributed by atoms with Crippen molar-refractivity contribution in [2.24, 2.45) is 5.92 Å². The van der Waals surface area contributed by atoms with E-state index >= 15 is 0 Å². The van der Waals surface area contributed by atoms with Gasteiger partial charge in [0.2, 0.25) is 5.91 Å². The number of amides is 2. The van der Waals surface area contributed by atoms with E-state index < -0.39 is 18.2 Å². The third kappa shape index (κ3) is 4.03. The van der Waals surface area contributed by atoms with Crippen LogP contribution >= 0.6 is 22.9 Å². The lowest BCUT2D eigenvalue weighted by Crippen LogP contribution is -2.55. The molecule has 3 fully saturated rings. The molecule has 4 heterocycles. The third-order valence-corrected chi connectivity index (χ3v) is 8.18. The molecule has 2 N–H and O–H groups in total. The minimum absolute atomic E-state index is 0.0701. The van der Waals surface area contributed by atoms with Gasteiger partial charge in [0.05, 0.1) is 29.0 Å². The number of rotatable bonds is 5. The first-order chi connectivity index (χ1) is 15.5. The molecule has 0 radical (unpaired) electrons. The Bertz CT molecular complexity index is 983. The van der Waals surface area contributed by atoms with Crippen LogP contribution in [0, 0.1) is 5.92 Å². The van der Waals surface area contributed by atoms with Gasteiger partial charge in [-0.15, -0.1) is 22.9 Å². The number of likely N-dealkylation sites (tertiary alicyclic amines) is 1. The number of nitrogens with zero attached hydrogens (tertiary/aromatic N) is 3. The molecule has 0 aromatic carbocycles. The zero-order chi connectivity index (χ0) is 22.2. The van der Waals surface area contributed by atoms with Crippen molar-refractivity contribution in [2.45, 2.75) is 55.4 Å². The number of nitrogens with one attached hydrogen (secondary N) is 1. The van der Waals surface area contributed by atoms with Gasteiger partial charge < -0.3 is 20.1 Å². The molecule has 2 saturated heterocycles. The molecule has 5 rings (SSSR count). The Morgan fingerprint density at radius 2 is 2.00 bits per heavy atom. The lowest BCUT2D eigenvalue weighted by molar-refractivity contribution is -0.137. The van der Waals surface area contributed by atoms with Gasteiger partial charge in [-0.1, -0.05) is 12.8 Å². The summed E-state index contributed by atoms with van der Waals surface area (Å²) in [6, 6.07) is 2.51. The fourth-order valence-corrected chi connectivity index (χ4v) is 6.34.